The molecule has 0 aliphatic carbocycles. The van der Waals surface area contributed by atoms with Gasteiger partial charge < -0.3 is 4.74 Å². The van der Waals surface area contributed by atoms with Crippen LogP contribution in [0.5, 0.6) is 5.75 Å². The molecule has 126 valence electrons. The average molecular weight is 365 g/mol. The molecule has 6 nitrogen and oxygen atoms in total. The van der Waals surface area contributed by atoms with Gasteiger partial charge in [-0.2, -0.15) is 5.10 Å². The van der Waals surface area contributed by atoms with Crippen molar-refractivity contribution in [1.82, 2.24) is 14.8 Å². The highest BCUT2D eigenvalue weighted by molar-refractivity contribution is 7.23. The number of ether oxygens (including phenoxy) is 1. The fourth-order valence-electron chi connectivity index (χ4n) is 2.41. The van der Waals surface area contributed by atoms with Crippen LogP contribution in [0.1, 0.15) is 36.1 Å². The quantitative estimate of drug-likeness (QED) is 0.749. The first kappa shape index (κ1) is 16.7. The van der Waals surface area contributed by atoms with E-state index in [1.807, 2.05) is 20.8 Å². The van der Waals surface area contributed by atoms with E-state index in [0.717, 1.165) is 10.4 Å². The topological polar surface area (TPSA) is 69.0 Å². The second kappa shape index (κ2) is 6.41. The third-order valence-electron chi connectivity index (χ3n) is 3.48. The van der Waals surface area contributed by atoms with E-state index in [4.69, 9.17) is 16.3 Å². The Morgan fingerprint density at radius 2 is 2.17 bits per heavy atom. The SMILES string of the molecule is COc1ccc(Cl)c2sc(NC(=O)c3cc(C)nn3C(C)C)nc12. The molecule has 0 spiro atoms. The molecule has 24 heavy (non-hydrogen) atoms. The number of thiazole rings is 1. The zero-order valence-corrected chi connectivity index (χ0v) is 15.3. The number of halogens is 1. The molecule has 0 aliphatic heterocycles. The van der Waals surface area contributed by atoms with E-state index >= 15 is 0 Å². The normalized spacial score (nSPS) is 11.2. The number of rotatable bonds is 4. The number of anilines is 1. The molecule has 0 unspecified atom stereocenters. The van der Waals surface area contributed by atoms with Gasteiger partial charge in [-0.05, 0) is 39.0 Å². The highest BCUT2D eigenvalue weighted by Crippen LogP contribution is 2.37. The zero-order valence-electron chi connectivity index (χ0n) is 13.8. The maximum Gasteiger partial charge on any atom is 0.275 e. The lowest BCUT2D eigenvalue weighted by Gasteiger charge is -2.09. The van der Waals surface area contributed by atoms with E-state index in [2.05, 4.69) is 15.4 Å². The summed E-state index contributed by atoms with van der Waals surface area (Å²) < 4.78 is 7.78. The van der Waals surface area contributed by atoms with E-state index in [1.54, 1.807) is 30.0 Å². The third kappa shape index (κ3) is 2.97. The summed E-state index contributed by atoms with van der Waals surface area (Å²) in [6.07, 6.45) is 0. The summed E-state index contributed by atoms with van der Waals surface area (Å²) in [5, 5.41) is 8.23. The summed E-state index contributed by atoms with van der Waals surface area (Å²) in [7, 11) is 1.57. The van der Waals surface area contributed by atoms with E-state index in [0.29, 0.717) is 27.1 Å². The maximum atomic E-state index is 12.6. The van der Waals surface area contributed by atoms with Crippen LogP contribution in [-0.2, 0) is 0 Å². The minimum atomic E-state index is -0.251. The number of hydrogen-bond acceptors (Lipinski definition) is 5. The second-order valence-electron chi connectivity index (χ2n) is 5.61. The number of aromatic nitrogens is 3. The number of carbonyl (C=O) groups excluding carboxylic acids is 1. The molecule has 8 heteroatoms. The van der Waals surface area contributed by atoms with Crippen LogP contribution in [0.15, 0.2) is 18.2 Å². The predicted molar refractivity (Wildman–Crippen MR) is 96.5 cm³/mol. The van der Waals surface area contributed by atoms with Gasteiger partial charge in [0.15, 0.2) is 5.13 Å². The molecule has 1 aromatic carbocycles. The Labute approximate surface area is 148 Å². The molecule has 0 bridgehead atoms. The summed E-state index contributed by atoms with van der Waals surface area (Å²) in [6.45, 7) is 5.81. The van der Waals surface area contributed by atoms with Crippen LogP contribution in [0.3, 0.4) is 0 Å². The number of hydrogen-bond donors (Lipinski definition) is 1. The molecule has 0 saturated heterocycles. The van der Waals surface area contributed by atoms with Crippen molar-refractivity contribution in [2.45, 2.75) is 26.8 Å². The van der Waals surface area contributed by atoms with Crippen LogP contribution < -0.4 is 10.1 Å². The van der Waals surface area contributed by atoms with E-state index < -0.39 is 0 Å². The number of aryl methyl sites for hydroxylation is 1. The summed E-state index contributed by atoms with van der Waals surface area (Å²) >= 11 is 7.52. The first-order chi connectivity index (χ1) is 11.4. The zero-order chi connectivity index (χ0) is 17.4. The van der Waals surface area contributed by atoms with Crippen molar-refractivity contribution in [3.63, 3.8) is 0 Å². The van der Waals surface area contributed by atoms with Gasteiger partial charge in [-0.25, -0.2) is 4.98 Å². The van der Waals surface area contributed by atoms with E-state index in [9.17, 15) is 4.79 Å². The minimum absolute atomic E-state index is 0.0874. The van der Waals surface area contributed by atoms with Crippen LogP contribution in [0.25, 0.3) is 10.2 Å². The summed E-state index contributed by atoms with van der Waals surface area (Å²) in [5.41, 5.74) is 1.93. The monoisotopic (exact) mass is 364 g/mol. The van der Waals surface area contributed by atoms with Gasteiger partial charge in [0.1, 0.15) is 17.0 Å². The number of nitrogens with one attached hydrogen (secondary N) is 1. The molecule has 0 fully saturated rings. The Kier molecular flexibility index (Phi) is 4.47. The van der Waals surface area contributed by atoms with Gasteiger partial charge in [0.25, 0.3) is 5.91 Å². The Morgan fingerprint density at radius 1 is 1.42 bits per heavy atom. The Hall–Kier alpha value is -2.12. The molecule has 0 atom stereocenters. The van der Waals surface area contributed by atoms with Crippen LogP contribution in [0, 0.1) is 6.92 Å². The largest absolute Gasteiger partial charge is 0.494 e. The van der Waals surface area contributed by atoms with Crippen molar-refractivity contribution >= 4 is 44.2 Å². The number of nitrogens with zero attached hydrogens (tertiary/aromatic N) is 3. The van der Waals surface area contributed by atoms with Crippen molar-refractivity contribution in [2.75, 3.05) is 12.4 Å². The van der Waals surface area contributed by atoms with Gasteiger partial charge in [0.2, 0.25) is 0 Å². The van der Waals surface area contributed by atoms with Crippen molar-refractivity contribution in [3.8, 4) is 5.75 Å². The molecule has 2 heterocycles. The molecular formula is C16H17ClN4O2S. The molecule has 3 aromatic rings. The third-order valence-corrected chi connectivity index (χ3v) is 4.91. The smallest absolute Gasteiger partial charge is 0.275 e. The average Bonchev–Trinajstić information content (AvgIpc) is 3.12. The van der Waals surface area contributed by atoms with Gasteiger partial charge in [0.05, 0.1) is 22.5 Å². The molecule has 1 amide bonds. The molecule has 0 saturated carbocycles. The first-order valence-corrected chi connectivity index (χ1v) is 8.60. The molecule has 2 aromatic heterocycles. The number of methoxy groups -OCH3 is 1. The lowest BCUT2D eigenvalue weighted by atomic mass is 10.3. The number of amides is 1. The Morgan fingerprint density at radius 3 is 2.83 bits per heavy atom. The van der Waals surface area contributed by atoms with Gasteiger partial charge in [0, 0.05) is 6.04 Å². The summed E-state index contributed by atoms with van der Waals surface area (Å²) in [6, 6.07) is 5.36. The van der Waals surface area contributed by atoms with Crippen LogP contribution in [-0.4, -0.2) is 27.8 Å². The van der Waals surface area contributed by atoms with E-state index in [1.165, 1.54) is 11.3 Å². The number of carbonyl (C=O) groups is 1. The van der Waals surface area contributed by atoms with Gasteiger partial charge in [-0.1, -0.05) is 22.9 Å². The summed E-state index contributed by atoms with van der Waals surface area (Å²) in [5.74, 6) is 0.368. The van der Waals surface area contributed by atoms with Crippen LogP contribution in [0.4, 0.5) is 5.13 Å². The van der Waals surface area contributed by atoms with Gasteiger partial charge in [-0.15, -0.1) is 0 Å². The first-order valence-electron chi connectivity index (χ1n) is 7.41. The molecule has 0 radical (unpaired) electrons. The molecule has 1 N–H and O–H groups in total. The maximum absolute atomic E-state index is 12.6. The molecule has 0 aliphatic rings. The number of benzene rings is 1. The highest BCUT2D eigenvalue weighted by Gasteiger charge is 2.19. The minimum Gasteiger partial charge on any atom is -0.494 e. The Bertz CT molecular complexity index is 916. The van der Waals surface area contributed by atoms with Crippen molar-refractivity contribution in [1.29, 1.82) is 0 Å². The van der Waals surface area contributed by atoms with Crippen molar-refractivity contribution in [2.24, 2.45) is 0 Å². The predicted octanol–water partition coefficient (Wildman–Crippen LogP) is 4.30. The van der Waals surface area contributed by atoms with E-state index in [-0.39, 0.29) is 11.9 Å². The molecule has 3 rings (SSSR count). The fourth-order valence-corrected chi connectivity index (χ4v) is 3.56. The second-order valence-corrected chi connectivity index (χ2v) is 7.02. The van der Waals surface area contributed by atoms with Gasteiger partial charge >= 0.3 is 0 Å². The molecular weight excluding hydrogens is 348 g/mol. The lowest BCUT2D eigenvalue weighted by molar-refractivity contribution is 0.101. The van der Waals surface area contributed by atoms with Gasteiger partial charge in [-0.3, -0.25) is 14.8 Å². The van der Waals surface area contributed by atoms with Crippen molar-refractivity contribution < 1.29 is 9.53 Å². The highest BCUT2D eigenvalue weighted by atomic mass is 35.5. The standard InChI is InChI=1S/C16H17ClN4O2S/c1-8(2)21-11(7-9(3)20-21)15(22)19-16-18-13-12(23-4)6-5-10(17)14(13)24-16/h5-8H,1-4H3,(H,18,19,22). The fraction of sp³-hybridized carbons (Fsp3) is 0.312. The lowest BCUT2D eigenvalue weighted by Crippen LogP contribution is -2.18. The van der Waals surface area contributed by atoms with Crippen LogP contribution >= 0.6 is 22.9 Å². The van der Waals surface area contributed by atoms with Crippen molar-refractivity contribution in [3.05, 3.63) is 34.6 Å². The Balaban J connectivity index is 1.95. The summed E-state index contributed by atoms with van der Waals surface area (Å²) in [4.78, 5) is 17.0. The number of fused-ring (bicyclic) bond motifs is 1. The van der Waals surface area contributed by atoms with Crippen LogP contribution in [0.2, 0.25) is 5.02 Å².